The highest BCUT2D eigenvalue weighted by Crippen LogP contribution is 2.21. The molecule has 8 nitrogen and oxygen atoms in total. The number of halogens is 1. The quantitative estimate of drug-likeness (QED) is 0.423. The standard InChI is InChI=1S/C19H14FN5O3/c20-11-7-5-10(6-8-11)16-15(18(27)28)17(26)25-19(24-16)21-9-14-22-12-3-1-2-4-13(12)23-14/h1-8H,9H2,(H,22,23)(H,27,28)(H2,21,24,25,26). The maximum atomic E-state index is 13.2. The number of fused-ring (bicyclic) bond motifs is 1. The third-order valence-electron chi connectivity index (χ3n) is 4.11. The van der Waals surface area contributed by atoms with Gasteiger partial charge in [-0.3, -0.25) is 9.78 Å². The van der Waals surface area contributed by atoms with Gasteiger partial charge < -0.3 is 15.4 Å². The van der Waals surface area contributed by atoms with Gasteiger partial charge in [-0.05, 0) is 36.4 Å². The van der Waals surface area contributed by atoms with Crippen LogP contribution >= 0.6 is 0 Å². The molecule has 0 unspecified atom stereocenters. The van der Waals surface area contributed by atoms with Gasteiger partial charge in [0.05, 0.1) is 23.3 Å². The molecule has 0 aliphatic carbocycles. The Labute approximate surface area is 157 Å². The molecule has 4 N–H and O–H groups in total. The lowest BCUT2D eigenvalue weighted by Gasteiger charge is -2.09. The number of hydrogen-bond acceptors (Lipinski definition) is 5. The molecule has 0 saturated carbocycles. The highest BCUT2D eigenvalue weighted by molar-refractivity contribution is 5.94. The minimum absolute atomic E-state index is 0.0524. The number of nitrogens with zero attached hydrogens (tertiary/aromatic N) is 2. The lowest BCUT2D eigenvalue weighted by Crippen LogP contribution is -2.22. The van der Waals surface area contributed by atoms with Crippen LogP contribution < -0.4 is 10.9 Å². The predicted molar refractivity (Wildman–Crippen MR) is 101 cm³/mol. The number of nitrogens with one attached hydrogen (secondary N) is 3. The van der Waals surface area contributed by atoms with Gasteiger partial charge >= 0.3 is 5.97 Å². The molecule has 0 aliphatic rings. The number of hydrogen-bond donors (Lipinski definition) is 4. The van der Waals surface area contributed by atoms with Crippen molar-refractivity contribution in [2.24, 2.45) is 0 Å². The molecule has 2 aromatic carbocycles. The molecule has 2 aromatic heterocycles. The van der Waals surface area contributed by atoms with Crippen molar-refractivity contribution in [1.82, 2.24) is 19.9 Å². The topological polar surface area (TPSA) is 124 Å². The molecule has 4 rings (SSSR count). The van der Waals surface area contributed by atoms with Crippen LogP contribution in [0.3, 0.4) is 0 Å². The van der Waals surface area contributed by atoms with Crippen LogP contribution in [0.15, 0.2) is 53.3 Å². The lowest BCUT2D eigenvalue weighted by atomic mass is 10.1. The molecular weight excluding hydrogens is 365 g/mol. The van der Waals surface area contributed by atoms with Crippen molar-refractivity contribution in [1.29, 1.82) is 0 Å². The van der Waals surface area contributed by atoms with Gasteiger partial charge in [0.2, 0.25) is 5.95 Å². The summed E-state index contributed by atoms with van der Waals surface area (Å²) in [5.74, 6) is -1.20. The van der Waals surface area contributed by atoms with Crippen molar-refractivity contribution in [2.45, 2.75) is 6.54 Å². The summed E-state index contributed by atoms with van der Waals surface area (Å²) in [6.07, 6.45) is 0. The van der Waals surface area contributed by atoms with Crippen molar-refractivity contribution >= 4 is 23.0 Å². The van der Waals surface area contributed by atoms with E-state index < -0.39 is 22.9 Å². The Balaban J connectivity index is 1.68. The van der Waals surface area contributed by atoms with Gasteiger partial charge in [0.1, 0.15) is 11.6 Å². The summed E-state index contributed by atoms with van der Waals surface area (Å²) < 4.78 is 13.2. The third-order valence-corrected chi connectivity index (χ3v) is 4.11. The largest absolute Gasteiger partial charge is 0.477 e. The molecule has 0 amide bonds. The molecular formula is C19H14FN5O3. The molecule has 0 radical (unpaired) electrons. The van der Waals surface area contributed by atoms with E-state index in [4.69, 9.17) is 0 Å². The maximum absolute atomic E-state index is 13.2. The van der Waals surface area contributed by atoms with Crippen LogP contribution in [-0.4, -0.2) is 31.0 Å². The third kappa shape index (κ3) is 3.32. The first-order valence-corrected chi connectivity index (χ1v) is 8.32. The van der Waals surface area contributed by atoms with E-state index in [1.165, 1.54) is 24.3 Å². The van der Waals surface area contributed by atoms with Gasteiger partial charge in [-0.2, -0.15) is 0 Å². The molecule has 0 atom stereocenters. The van der Waals surface area contributed by atoms with Crippen LogP contribution in [0.4, 0.5) is 10.3 Å². The average Bonchev–Trinajstić information content (AvgIpc) is 3.09. The number of carboxylic acid groups (broad SMARTS) is 1. The first kappa shape index (κ1) is 17.4. The number of carboxylic acids is 1. The Kier molecular flexibility index (Phi) is 4.32. The van der Waals surface area contributed by atoms with Crippen molar-refractivity contribution in [3.63, 3.8) is 0 Å². The average molecular weight is 379 g/mol. The zero-order valence-electron chi connectivity index (χ0n) is 14.4. The van der Waals surface area contributed by atoms with Crippen LogP contribution in [0.1, 0.15) is 16.2 Å². The van der Waals surface area contributed by atoms with Crippen molar-refractivity contribution in [2.75, 3.05) is 5.32 Å². The summed E-state index contributed by atoms with van der Waals surface area (Å²) in [6.45, 7) is 0.229. The summed E-state index contributed by atoms with van der Waals surface area (Å²) in [4.78, 5) is 38.0. The second-order valence-corrected chi connectivity index (χ2v) is 6.00. The Hall–Kier alpha value is -4.01. The Bertz CT molecular complexity index is 1200. The monoisotopic (exact) mass is 379 g/mol. The molecule has 0 bridgehead atoms. The van der Waals surface area contributed by atoms with E-state index in [2.05, 4.69) is 25.3 Å². The number of aromatic nitrogens is 4. The van der Waals surface area contributed by atoms with Crippen molar-refractivity contribution < 1.29 is 14.3 Å². The van der Waals surface area contributed by atoms with Gasteiger partial charge in [-0.25, -0.2) is 19.2 Å². The van der Waals surface area contributed by atoms with Crippen LogP contribution in [-0.2, 0) is 6.54 Å². The lowest BCUT2D eigenvalue weighted by molar-refractivity contribution is 0.0695. The number of carbonyl (C=O) groups is 1. The van der Waals surface area contributed by atoms with E-state index in [0.29, 0.717) is 11.4 Å². The van der Waals surface area contributed by atoms with E-state index in [1.807, 2.05) is 24.3 Å². The summed E-state index contributed by atoms with van der Waals surface area (Å²) in [5, 5.41) is 12.3. The number of anilines is 1. The molecule has 2 heterocycles. The smallest absolute Gasteiger partial charge is 0.343 e. The maximum Gasteiger partial charge on any atom is 0.343 e. The van der Waals surface area contributed by atoms with E-state index in [0.717, 1.165) is 11.0 Å². The highest BCUT2D eigenvalue weighted by atomic mass is 19.1. The number of aromatic carboxylic acids is 1. The fourth-order valence-corrected chi connectivity index (χ4v) is 2.83. The number of rotatable bonds is 5. The fraction of sp³-hybridized carbons (Fsp3) is 0.0526. The van der Waals surface area contributed by atoms with Crippen LogP contribution in [0.25, 0.3) is 22.3 Å². The molecule has 0 aliphatic heterocycles. The van der Waals surface area contributed by atoms with Gasteiger partial charge in [-0.15, -0.1) is 0 Å². The molecule has 140 valence electrons. The Morgan fingerprint density at radius 2 is 1.82 bits per heavy atom. The normalized spacial score (nSPS) is 10.9. The van der Waals surface area contributed by atoms with Gasteiger partial charge in [-0.1, -0.05) is 12.1 Å². The van der Waals surface area contributed by atoms with Crippen LogP contribution in [0.5, 0.6) is 0 Å². The molecule has 0 saturated heterocycles. The van der Waals surface area contributed by atoms with E-state index in [9.17, 15) is 19.1 Å². The van der Waals surface area contributed by atoms with E-state index in [-0.39, 0.29) is 18.2 Å². The van der Waals surface area contributed by atoms with E-state index in [1.54, 1.807) is 0 Å². The number of imidazole rings is 1. The fourth-order valence-electron chi connectivity index (χ4n) is 2.83. The summed E-state index contributed by atoms with van der Waals surface area (Å²) >= 11 is 0. The number of H-pyrrole nitrogens is 2. The minimum atomic E-state index is -1.42. The van der Waals surface area contributed by atoms with Crippen LogP contribution in [0, 0.1) is 5.82 Å². The Morgan fingerprint density at radius 3 is 2.54 bits per heavy atom. The summed E-state index contributed by atoms with van der Waals surface area (Å²) in [6, 6.07) is 12.6. The zero-order valence-corrected chi connectivity index (χ0v) is 14.4. The van der Waals surface area contributed by atoms with Gasteiger partial charge in [0, 0.05) is 5.56 Å². The number of benzene rings is 2. The minimum Gasteiger partial charge on any atom is -0.477 e. The molecule has 28 heavy (non-hydrogen) atoms. The Morgan fingerprint density at radius 1 is 1.07 bits per heavy atom. The summed E-state index contributed by atoms with van der Waals surface area (Å²) in [5.41, 5.74) is 0.609. The zero-order chi connectivity index (χ0) is 19.7. The number of aromatic amines is 2. The van der Waals surface area contributed by atoms with Crippen LogP contribution in [0.2, 0.25) is 0 Å². The molecule has 0 spiro atoms. The molecule has 4 aromatic rings. The van der Waals surface area contributed by atoms with Gasteiger partial charge in [0.25, 0.3) is 5.56 Å². The molecule has 0 fully saturated rings. The summed E-state index contributed by atoms with van der Waals surface area (Å²) in [7, 11) is 0. The van der Waals surface area contributed by atoms with Crippen molar-refractivity contribution in [3.05, 3.63) is 76.1 Å². The van der Waals surface area contributed by atoms with Crippen molar-refractivity contribution in [3.8, 4) is 11.3 Å². The SMILES string of the molecule is O=C(O)c1c(-c2ccc(F)cc2)nc(NCc2nc3ccccc3[nH]2)[nH]c1=O. The highest BCUT2D eigenvalue weighted by Gasteiger charge is 2.19. The van der Waals surface area contributed by atoms with E-state index >= 15 is 0 Å². The number of para-hydroxylation sites is 2. The molecule has 9 heteroatoms. The second kappa shape index (κ2) is 6.95. The predicted octanol–water partition coefficient (Wildman–Crippen LogP) is 2.76. The second-order valence-electron chi connectivity index (χ2n) is 6.00. The first-order valence-electron chi connectivity index (χ1n) is 8.32. The van der Waals surface area contributed by atoms with Gasteiger partial charge in [0.15, 0.2) is 5.56 Å². The first-order chi connectivity index (χ1) is 13.5.